The lowest BCUT2D eigenvalue weighted by Gasteiger charge is -2.13. The van der Waals surface area contributed by atoms with Crippen molar-refractivity contribution in [2.75, 3.05) is 26.1 Å². The zero-order valence-electron chi connectivity index (χ0n) is 13.7. The number of nitrogens with one attached hydrogen (secondary N) is 2. The molecule has 0 saturated heterocycles. The average molecular weight is 314 g/mol. The summed E-state index contributed by atoms with van der Waals surface area (Å²) >= 11 is 0. The molecule has 2 aromatic rings. The standard InChI is InChI=1S/C18H22N2O3/c1-13-5-4-6-14(9-13)11-20-18(21)12-19-16-10-15(22-2)7-8-17(16)23-3/h4-10,19H,11-12H2,1-3H3,(H,20,21). The topological polar surface area (TPSA) is 59.6 Å². The van der Waals surface area contributed by atoms with Crippen molar-refractivity contribution in [3.63, 3.8) is 0 Å². The summed E-state index contributed by atoms with van der Waals surface area (Å²) in [6.45, 7) is 2.70. The Hall–Kier alpha value is -2.69. The summed E-state index contributed by atoms with van der Waals surface area (Å²) in [5, 5.41) is 5.96. The van der Waals surface area contributed by atoms with Gasteiger partial charge in [0.05, 0.1) is 26.5 Å². The molecule has 0 bridgehead atoms. The lowest BCUT2D eigenvalue weighted by molar-refractivity contribution is -0.119. The number of hydrogen-bond acceptors (Lipinski definition) is 4. The van der Waals surface area contributed by atoms with Crippen molar-refractivity contribution in [1.29, 1.82) is 0 Å². The molecular weight excluding hydrogens is 292 g/mol. The molecule has 23 heavy (non-hydrogen) atoms. The maximum atomic E-state index is 12.0. The van der Waals surface area contributed by atoms with Crippen LogP contribution in [0.15, 0.2) is 42.5 Å². The number of amides is 1. The van der Waals surface area contributed by atoms with Crippen LogP contribution in [0.25, 0.3) is 0 Å². The lowest BCUT2D eigenvalue weighted by atomic mass is 10.1. The Kier molecular flexibility index (Phi) is 5.86. The molecule has 0 aliphatic carbocycles. The van der Waals surface area contributed by atoms with Crippen LogP contribution in [0.2, 0.25) is 0 Å². The van der Waals surface area contributed by atoms with Crippen LogP contribution in [0.3, 0.4) is 0 Å². The molecule has 2 aromatic carbocycles. The van der Waals surface area contributed by atoms with E-state index >= 15 is 0 Å². The molecule has 5 nitrogen and oxygen atoms in total. The smallest absolute Gasteiger partial charge is 0.239 e. The number of aryl methyl sites for hydroxylation is 1. The fraction of sp³-hybridized carbons (Fsp3) is 0.278. The zero-order valence-corrected chi connectivity index (χ0v) is 13.7. The molecule has 2 N–H and O–H groups in total. The second kappa shape index (κ2) is 8.08. The van der Waals surface area contributed by atoms with Crippen LogP contribution in [0.5, 0.6) is 11.5 Å². The normalized spacial score (nSPS) is 10.0. The van der Waals surface area contributed by atoms with Gasteiger partial charge in [-0.1, -0.05) is 29.8 Å². The molecule has 0 aliphatic heterocycles. The Bertz CT molecular complexity index is 671. The van der Waals surface area contributed by atoms with Gasteiger partial charge in [-0.2, -0.15) is 0 Å². The summed E-state index contributed by atoms with van der Waals surface area (Å²) in [6.07, 6.45) is 0. The van der Waals surface area contributed by atoms with Crippen LogP contribution in [0, 0.1) is 6.92 Å². The Balaban J connectivity index is 1.89. The summed E-state index contributed by atoms with van der Waals surface area (Å²) in [5.41, 5.74) is 2.98. The van der Waals surface area contributed by atoms with Gasteiger partial charge < -0.3 is 20.1 Å². The number of carbonyl (C=O) groups excluding carboxylic acids is 1. The van der Waals surface area contributed by atoms with Crippen LogP contribution in [-0.4, -0.2) is 26.7 Å². The predicted molar refractivity (Wildman–Crippen MR) is 91.1 cm³/mol. The van der Waals surface area contributed by atoms with Crippen LogP contribution < -0.4 is 20.1 Å². The molecule has 122 valence electrons. The number of hydrogen-bond donors (Lipinski definition) is 2. The highest BCUT2D eigenvalue weighted by atomic mass is 16.5. The maximum Gasteiger partial charge on any atom is 0.239 e. The first-order valence-corrected chi connectivity index (χ1v) is 7.40. The van der Waals surface area contributed by atoms with E-state index in [1.165, 1.54) is 5.56 Å². The predicted octanol–water partition coefficient (Wildman–Crippen LogP) is 2.74. The SMILES string of the molecule is COc1ccc(OC)c(NCC(=O)NCc2cccc(C)c2)c1. The molecule has 0 aliphatic rings. The first kappa shape index (κ1) is 16.7. The fourth-order valence-corrected chi connectivity index (χ4v) is 2.21. The third kappa shape index (κ3) is 4.92. The van der Waals surface area contributed by atoms with Gasteiger partial charge in [0.15, 0.2) is 0 Å². The first-order valence-electron chi connectivity index (χ1n) is 7.40. The van der Waals surface area contributed by atoms with Gasteiger partial charge in [-0.3, -0.25) is 4.79 Å². The molecule has 0 radical (unpaired) electrons. The van der Waals surface area contributed by atoms with E-state index in [9.17, 15) is 4.79 Å². The summed E-state index contributed by atoms with van der Waals surface area (Å²) in [6, 6.07) is 13.5. The fourth-order valence-electron chi connectivity index (χ4n) is 2.21. The first-order chi connectivity index (χ1) is 11.1. The molecule has 0 heterocycles. The minimum absolute atomic E-state index is 0.0867. The monoisotopic (exact) mass is 314 g/mol. The molecule has 5 heteroatoms. The van der Waals surface area contributed by atoms with Crippen molar-refractivity contribution in [1.82, 2.24) is 5.32 Å². The Morgan fingerprint density at radius 1 is 1.09 bits per heavy atom. The van der Waals surface area contributed by atoms with E-state index in [0.717, 1.165) is 11.3 Å². The van der Waals surface area contributed by atoms with Crippen LogP contribution in [0.1, 0.15) is 11.1 Å². The third-order valence-corrected chi connectivity index (χ3v) is 3.42. The minimum atomic E-state index is -0.0867. The van der Waals surface area contributed by atoms with Gasteiger partial charge in [-0.05, 0) is 24.6 Å². The van der Waals surface area contributed by atoms with Gasteiger partial charge >= 0.3 is 0 Å². The van der Waals surface area contributed by atoms with E-state index in [4.69, 9.17) is 9.47 Å². The highest BCUT2D eigenvalue weighted by Crippen LogP contribution is 2.28. The second-order valence-corrected chi connectivity index (χ2v) is 5.19. The highest BCUT2D eigenvalue weighted by molar-refractivity contribution is 5.81. The van der Waals surface area contributed by atoms with Crippen molar-refractivity contribution >= 4 is 11.6 Å². The lowest BCUT2D eigenvalue weighted by Crippen LogP contribution is -2.29. The van der Waals surface area contributed by atoms with Gasteiger partial charge in [0.1, 0.15) is 11.5 Å². The van der Waals surface area contributed by atoms with Crippen molar-refractivity contribution in [2.45, 2.75) is 13.5 Å². The molecule has 1 amide bonds. The Morgan fingerprint density at radius 2 is 1.91 bits per heavy atom. The van der Waals surface area contributed by atoms with Crippen LogP contribution >= 0.6 is 0 Å². The van der Waals surface area contributed by atoms with Gasteiger partial charge in [0.2, 0.25) is 5.91 Å². The maximum absolute atomic E-state index is 12.0. The van der Waals surface area contributed by atoms with E-state index in [1.807, 2.05) is 31.2 Å². The van der Waals surface area contributed by atoms with E-state index in [-0.39, 0.29) is 12.5 Å². The molecule has 0 atom stereocenters. The molecule has 0 aromatic heterocycles. The van der Waals surface area contributed by atoms with Crippen LogP contribution in [-0.2, 0) is 11.3 Å². The number of ether oxygens (including phenoxy) is 2. The van der Waals surface area contributed by atoms with Gasteiger partial charge in [-0.25, -0.2) is 0 Å². The van der Waals surface area contributed by atoms with Gasteiger partial charge in [0.25, 0.3) is 0 Å². The summed E-state index contributed by atoms with van der Waals surface area (Å²) in [7, 11) is 3.19. The zero-order chi connectivity index (χ0) is 16.7. The molecule has 2 rings (SSSR count). The number of benzene rings is 2. The number of carbonyl (C=O) groups is 1. The quantitative estimate of drug-likeness (QED) is 0.825. The van der Waals surface area contributed by atoms with Crippen molar-refractivity contribution < 1.29 is 14.3 Å². The number of anilines is 1. The average Bonchev–Trinajstić information content (AvgIpc) is 2.57. The summed E-state index contributed by atoms with van der Waals surface area (Å²) in [5.74, 6) is 1.28. The van der Waals surface area contributed by atoms with Gasteiger partial charge in [0, 0.05) is 12.6 Å². The molecule has 0 unspecified atom stereocenters. The minimum Gasteiger partial charge on any atom is -0.497 e. The van der Waals surface area contributed by atoms with Crippen LogP contribution in [0.4, 0.5) is 5.69 Å². The van der Waals surface area contributed by atoms with E-state index in [1.54, 1.807) is 26.4 Å². The summed E-state index contributed by atoms with van der Waals surface area (Å²) in [4.78, 5) is 12.0. The Labute approximate surface area is 136 Å². The van der Waals surface area contributed by atoms with Crippen molar-refractivity contribution in [3.05, 3.63) is 53.6 Å². The second-order valence-electron chi connectivity index (χ2n) is 5.19. The molecular formula is C18H22N2O3. The van der Waals surface area contributed by atoms with Crippen molar-refractivity contribution in [3.8, 4) is 11.5 Å². The van der Waals surface area contributed by atoms with E-state index in [2.05, 4.69) is 16.7 Å². The largest absolute Gasteiger partial charge is 0.497 e. The van der Waals surface area contributed by atoms with E-state index in [0.29, 0.717) is 18.0 Å². The highest BCUT2D eigenvalue weighted by Gasteiger charge is 2.07. The van der Waals surface area contributed by atoms with E-state index < -0.39 is 0 Å². The molecule has 0 saturated carbocycles. The number of rotatable bonds is 7. The van der Waals surface area contributed by atoms with Crippen molar-refractivity contribution in [2.24, 2.45) is 0 Å². The molecule has 0 fully saturated rings. The third-order valence-electron chi connectivity index (χ3n) is 3.42. The summed E-state index contributed by atoms with van der Waals surface area (Å²) < 4.78 is 10.5. The number of methoxy groups -OCH3 is 2. The Morgan fingerprint density at radius 3 is 2.61 bits per heavy atom. The molecule has 0 spiro atoms. The van der Waals surface area contributed by atoms with Gasteiger partial charge in [-0.15, -0.1) is 0 Å².